The maximum Gasteiger partial charge on any atom is 0.248 e. The van der Waals surface area contributed by atoms with E-state index in [1.807, 2.05) is 13.0 Å². The molecule has 0 aliphatic heterocycles. The van der Waals surface area contributed by atoms with Gasteiger partial charge in [-0.25, -0.2) is 4.39 Å². The number of hydrogen-bond acceptors (Lipinski definition) is 2. The third kappa shape index (κ3) is 4.12. The zero-order valence-electron chi connectivity index (χ0n) is 11.6. The van der Waals surface area contributed by atoms with Crippen LogP contribution in [-0.4, -0.2) is 5.91 Å². The summed E-state index contributed by atoms with van der Waals surface area (Å²) in [4.78, 5) is 11.1. The van der Waals surface area contributed by atoms with Gasteiger partial charge >= 0.3 is 0 Å². The van der Waals surface area contributed by atoms with Crippen molar-refractivity contribution in [1.82, 2.24) is 5.32 Å². The highest BCUT2D eigenvalue weighted by molar-refractivity contribution is 9.10. The van der Waals surface area contributed by atoms with Crippen LogP contribution in [0.15, 0.2) is 46.9 Å². The van der Waals surface area contributed by atoms with Crippen LogP contribution in [0.1, 0.15) is 34.5 Å². The molecule has 110 valence electrons. The minimum Gasteiger partial charge on any atom is -0.366 e. The van der Waals surface area contributed by atoms with Crippen LogP contribution in [0.25, 0.3) is 0 Å². The molecule has 0 saturated carbocycles. The van der Waals surface area contributed by atoms with Gasteiger partial charge in [0.1, 0.15) is 5.82 Å². The van der Waals surface area contributed by atoms with Crippen molar-refractivity contribution < 1.29 is 9.18 Å². The average molecular weight is 351 g/mol. The lowest BCUT2D eigenvalue weighted by Crippen LogP contribution is -2.19. The molecule has 0 aliphatic carbocycles. The summed E-state index contributed by atoms with van der Waals surface area (Å²) in [6.45, 7) is 2.41. The second-order valence-electron chi connectivity index (χ2n) is 4.83. The van der Waals surface area contributed by atoms with Gasteiger partial charge in [-0.15, -0.1) is 0 Å². The SMILES string of the molecule is CC(NCc1cccc(C(N)=O)c1)c1cc(Br)ccc1F. The van der Waals surface area contributed by atoms with Gasteiger partial charge in [0.15, 0.2) is 0 Å². The summed E-state index contributed by atoms with van der Waals surface area (Å²) in [5.41, 5.74) is 7.24. The number of amides is 1. The van der Waals surface area contributed by atoms with E-state index in [1.54, 1.807) is 30.3 Å². The first-order chi connectivity index (χ1) is 9.97. The van der Waals surface area contributed by atoms with Crippen LogP contribution in [0.5, 0.6) is 0 Å². The van der Waals surface area contributed by atoms with Crippen molar-refractivity contribution in [2.45, 2.75) is 19.5 Å². The number of carbonyl (C=O) groups is 1. The van der Waals surface area contributed by atoms with E-state index in [-0.39, 0.29) is 11.9 Å². The number of carbonyl (C=O) groups excluding carboxylic acids is 1. The van der Waals surface area contributed by atoms with Gasteiger partial charge in [-0.3, -0.25) is 4.79 Å². The fourth-order valence-corrected chi connectivity index (χ4v) is 2.44. The summed E-state index contributed by atoms with van der Waals surface area (Å²) in [6, 6.07) is 11.8. The summed E-state index contributed by atoms with van der Waals surface area (Å²) < 4.78 is 14.6. The highest BCUT2D eigenvalue weighted by Crippen LogP contribution is 2.21. The Bertz CT molecular complexity index is 660. The molecular formula is C16H16BrFN2O. The third-order valence-electron chi connectivity index (χ3n) is 3.25. The van der Waals surface area contributed by atoms with Crippen LogP contribution < -0.4 is 11.1 Å². The topological polar surface area (TPSA) is 55.1 Å². The lowest BCUT2D eigenvalue weighted by atomic mass is 10.1. The number of rotatable bonds is 5. The van der Waals surface area contributed by atoms with E-state index in [0.29, 0.717) is 17.7 Å². The summed E-state index contributed by atoms with van der Waals surface area (Å²) >= 11 is 3.34. The molecule has 5 heteroatoms. The molecule has 2 aromatic carbocycles. The zero-order chi connectivity index (χ0) is 15.4. The number of nitrogens with one attached hydrogen (secondary N) is 1. The molecule has 3 nitrogen and oxygen atoms in total. The first-order valence-corrected chi connectivity index (χ1v) is 7.33. The Kier molecular flexibility index (Phi) is 5.09. The molecule has 3 N–H and O–H groups in total. The molecule has 21 heavy (non-hydrogen) atoms. The minimum atomic E-state index is -0.456. The molecule has 0 aromatic heterocycles. The molecule has 0 radical (unpaired) electrons. The summed E-state index contributed by atoms with van der Waals surface area (Å²) in [6.07, 6.45) is 0. The maximum atomic E-state index is 13.8. The number of hydrogen-bond donors (Lipinski definition) is 2. The van der Waals surface area contributed by atoms with Crippen molar-refractivity contribution in [3.05, 3.63) is 69.4 Å². The summed E-state index contributed by atoms with van der Waals surface area (Å²) in [5.74, 6) is -0.702. The third-order valence-corrected chi connectivity index (χ3v) is 3.74. The van der Waals surface area contributed by atoms with Gasteiger partial charge in [0.25, 0.3) is 0 Å². The molecule has 0 saturated heterocycles. The van der Waals surface area contributed by atoms with E-state index >= 15 is 0 Å². The summed E-state index contributed by atoms with van der Waals surface area (Å²) in [5, 5.41) is 3.24. The lowest BCUT2D eigenvalue weighted by molar-refractivity contribution is 0.1000. The molecule has 1 unspecified atom stereocenters. The normalized spacial score (nSPS) is 12.1. The molecule has 0 spiro atoms. The molecule has 2 rings (SSSR count). The second kappa shape index (κ2) is 6.83. The lowest BCUT2D eigenvalue weighted by Gasteiger charge is -2.15. The van der Waals surface area contributed by atoms with Crippen LogP contribution >= 0.6 is 15.9 Å². The molecular weight excluding hydrogens is 335 g/mol. The van der Waals surface area contributed by atoms with E-state index < -0.39 is 5.91 Å². The van der Waals surface area contributed by atoms with Crippen molar-refractivity contribution in [2.75, 3.05) is 0 Å². The standard InChI is InChI=1S/C16H16BrFN2O/c1-10(14-8-13(17)5-6-15(14)18)20-9-11-3-2-4-12(7-11)16(19)21/h2-8,10,20H,9H2,1H3,(H2,19,21). The molecule has 0 aliphatic rings. The van der Waals surface area contributed by atoms with Gasteiger partial charge in [-0.05, 0) is 42.8 Å². The van der Waals surface area contributed by atoms with Gasteiger partial charge in [-0.2, -0.15) is 0 Å². The van der Waals surface area contributed by atoms with Crippen molar-refractivity contribution in [3.8, 4) is 0 Å². The number of nitrogens with two attached hydrogens (primary N) is 1. The van der Waals surface area contributed by atoms with Crippen LogP contribution in [0, 0.1) is 5.82 Å². The quantitative estimate of drug-likeness (QED) is 0.866. The smallest absolute Gasteiger partial charge is 0.248 e. The number of primary amides is 1. The fraction of sp³-hybridized carbons (Fsp3) is 0.188. The van der Waals surface area contributed by atoms with E-state index in [2.05, 4.69) is 21.2 Å². The van der Waals surface area contributed by atoms with Crippen molar-refractivity contribution in [3.63, 3.8) is 0 Å². The van der Waals surface area contributed by atoms with Crippen molar-refractivity contribution >= 4 is 21.8 Å². The van der Waals surface area contributed by atoms with Gasteiger partial charge in [0.2, 0.25) is 5.91 Å². The number of halogens is 2. The zero-order valence-corrected chi connectivity index (χ0v) is 13.2. The van der Waals surface area contributed by atoms with Crippen LogP contribution in [0.4, 0.5) is 4.39 Å². The average Bonchev–Trinajstić information content (AvgIpc) is 2.47. The first-order valence-electron chi connectivity index (χ1n) is 6.54. The van der Waals surface area contributed by atoms with Gasteiger partial charge in [0, 0.05) is 28.2 Å². The van der Waals surface area contributed by atoms with Gasteiger partial charge in [-0.1, -0.05) is 28.1 Å². The number of benzene rings is 2. The monoisotopic (exact) mass is 350 g/mol. The molecule has 0 fully saturated rings. The van der Waals surface area contributed by atoms with Crippen molar-refractivity contribution in [1.29, 1.82) is 0 Å². The van der Waals surface area contributed by atoms with E-state index in [1.165, 1.54) is 6.07 Å². The Balaban J connectivity index is 2.07. The maximum absolute atomic E-state index is 13.8. The molecule has 1 amide bonds. The highest BCUT2D eigenvalue weighted by atomic mass is 79.9. The largest absolute Gasteiger partial charge is 0.366 e. The van der Waals surface area contributed by atoms with Gasteiger partial charge in [0.05, 0.1) is 0 Å². The Labute approximate surface area is 131 Å². The van der Waals surface area contributed by atoms with E-state index in [9.17, 15) is 9.18 Å². The predicted octanol–water partition coefficient (Wildman–Crippen LogP) is 3.54. The van der Waals surface area contributed by atoms with Crippen molar-refractivity contribution in [2.24, 2.45) is 5.73 Å². The minimum absolute atomic E-state index is 0.153. The second-order valence-corrected chi connectivity index (χ2v) is 5.75. The molecule has 2 aromatic rings. The molecule has 1 atom stereocenters. The van der Waals surface area contributed by atoms with Crippen LogP contribution in [0.3, 0.4) is 0 Å². The van der Waals surface area contributed by atoms with E-state index in [4.69, 9.17) is 5.73 Å². The Hall–Kier alpha value is -1.72. The van der Waals surface area contributed by atoms with E-state index in [0.717, 1.165) is 10.0 Å². The summed E-state index contributed by atoms with van der Waals surface area (Å²) in [7, 11) is 0. The first kappa shape index (κ1) is 15.7. The van der Waals surface area contributed by atoms with Crippen LogP contribution in [-0.2, 0) is 6.54 Å². The van der Waals surface area contributed by atoms with Gasteiger partial charge < -0.3 is 11.1 Å². The molecule has 0 heterocycles. The highest BCUT2D eigenvalue weighted by Gasteiger charge is 2.11. The predicted molar refractivity (Wildman–Crippen MR) is 84.3 cm³/mol. The van der Waals surface area contributed by atoms with Crippen LogP contribution in [0.2, 0.25) is 0 Å². The Morgan fingerprint density at radius 3 is 2.81 bits per heavy atom. The Morgan fingerprint density at radius 1 is 1.33 bits per heavy atom. The molecule has 0 bridgehead atoms. The Morgan fingerprint density at radius 2 is 2.10 bits per heavy atom. The fourth-order valence-electron chi connectivity index (χ4n) is 2.06.